The number of ether oxygens (including phenoxy) is 3. The van der Waals surface area contributed by atoms with E-state index in [2.05, 4.69) is 0 Å². The molecule has 4 heterocycles. The predicted octanol–water partition coefficient (Wildman–Crippen LogP) is 7.61. The van der Waals surface area contributed by atoms with Gasteiger partial charge < -0.3 is 14.2 Å². The molecular formula is C30H27N5O4S3. The summed E-state index contributed by atoms with van der Waals surface area (Å²) in [4.78, 5) is 27.6. The topological polar surface area (TPSA) is 101 Å². The summed E-state index contributed by atoms with van der Waals surface area (Å²) in [5, 5.41) is 9.50. The SMILES string of the molecule is COc1cc(OCc2csc(-c3ccc(C(=O)OC(C)(C)C)cc3)n2)c2sc(-c3cn4nc(C5CC5)sc4n3)nc2c1. The highest BCUT2D eigenvalue weighted by Crippen LogP contribution is 2.43. The molecule has 2 aromatic carbocycles. The fraction of sp³-hybridized carbons (Fsp3) is 0.300. The van der Waals surface area contributed by atoms with Crippen molar-refractivity contribution in [3.63, 3.8) is 0 Å². The van der Waals surface area contributed by atoms with Gasteiger partial charge in [0.25, 0.3) is 0 Å². The van der Waals surface area contributed by atoms with Crippen LogP contribution in [-0.2, 0) is 11.3 Å². The number of nitrogens with zero attached hydrogens (tertiary/aromatic N) is 5. The van der Waals surface area contributed by atoms with Crippen LogP contribution in [0, 0.1) is 0 Å². The summed E-state index contributed by atoms with van der Waals surface area (Å²) in [6.07, 6.45) is 4.39. The van der Waals surface area contributed by atoms with Gasteiger partial charge in [-0.05, 0) is 45.7 Å². The molecule has 1 aliphatic carbocycles. The molecule has 6 aromatic rings. The predicted molar refractivity (Wildman–Crippen MR) is 165 cm³/mol. The number of aromatic nitrogens is 5. The van der Waals surface area contributed by atoms with Crippen molar-refractivity contribution >= 4 is 55.2 Å². The van der Waals surface area contributed by atoms with E-state index in [0.29, 0.717) is 23.0 Å². The number of fused-ring (bicyclic) bond motifs is 2. The van der Waals surface area contributed by atoms with Gasteiger partial charge in [-0.1, -0.05) is 23.5 Å². The summed E-state index contributed by atoms with van der Waals surface area (Å²) < 4.78 is 20.0. The highest BCUT2D eigenvalue weighted by Gasteiger charge is 2.28. The van der Waals surface area contributed by atoms with Crippen molar-refractivity contribution < 1.29 is 19.0 Å². The maximum atomic E-state index is 12.3. The van der Waals surface area contributed by atoms with Crippen molar-refractivity contribution in [1.29, 1.82) is 0 Å². The Labute approximate surface area is 253 Å². The Morgan fingerprint density at radius 1 is 1.05 bits per heavy atom. The molecule has 0 spiro atoms. The number of benzene rings is 2. The lowest BCUT2D eigenvalue weighted by Crippen LogP contribution is -2.23. The number of hydrogen-bond acceptors (Lipinski definition) is 11. The highest BCUT2D eigenvalue weighted by atomic mass is 32.1. The van der Waals surface area contributed by atoms with Crippen LogP contribution in [0.15, 0.2) is 48.0 Å². The minimum absolute atomic E-state index is 0.288. The van der Waals surface area contributed by atoms with Crippen molar-refractivity contribution in [2.24, 2.45) is 0 Å². The van der Waals surface area contributed by atoms with Gasteiger partial charge in [0.2, 0.25) is 4.96 Å². The van der Waals surface area contributed by atoms with E-state index in [4.69, 9.17) is 34.3 Å². The maximum absolute atomic E-state index is 12.3. The van der Waals surface area contributed by atoms with E-state index < -0.39 is 5.60 Å². The second-order valence-electron chi connectivity index (χ2n) is 11.1. The van der Waals surface area contributed by atoms with Crippen LogP contribution in [-0.4, -0.2) is 43.2 Å². The van der Waals surface area contributed by atoms with Gasteiger partial charge in [0.15, 0.2) is 0 Å². The molecule has 1 fully saturated rings. The summed E-state index contributed by atoms with van der Waals surface area (Å²) in [6, 6.07) is 11.1. The molecule has 9 nitrogen and oxygen atoms in total. The van der Waals surface area contributed by atoms with Gasteiger partial charge in [0.05, 0.1) is 34.8 Å². The first-order valence-electron chi connectivity index (χ1n) is 13.5. The monoisotopic (exact) mass is 617 g/mol. The van der Waals surface area contributed by atoms with Crippen LogP contribution in [0.5, 0.6) is 11.5 Å². The molecule has 214 valence electrons. The zero-order chi connectivity index (χ0) is 29.0. The summed E-state index contributed by atoms with van der Waals surface area (Å²) >= 11 is 4.72. The third-order valence-electron chi connectivity index (χ3n) is 6.56. The molecule has 0 radical (unpaired) electrons. The lowest BCUT2D eigenvalue weighted by atomic mass is 10.1. The van der Waals surface area contributed by atoms with E-state index in [-0.39, 0.29) is 12.6 Å². The standard InChI is InChI=1S/C30H27N5O4S3/c1-30(2,3)39-28(36)18-9-7-16(8-10-18)25-31-19(15-40-25)14-38-23-12-20(37-4)11-21-24(23)41-27(32-21)22-13-35-29(33-22)42-26(34-35)17-5-6-17/h7-13,15,17H,5-6,14H2,1-4H3. The average molecular weight is 618 g/mol. The highest BCUT2D eigenvalue weighted by molar-refractivity contribution is 7.22. The first-order chi connectivity index (χ1) is 20.2. The largest absolute Gasteiger partial charge is 0.497 e. The van der Waals surface area contributed by atoms with Crippen LogP contribution >= 0.6 is 34.0 Å². The summed E-state index contributed by atoms with van der Waals surface area (Å²) in [5.41, 5.74) is 3.28. The van der Waals surface area contributed by atoms with E-state index in [1.54, 1.807) is 30.6 Å². The Morgan fingerprint density at radius 2 is 1.86 bits per heavy atom. The number of esters is 1. The van der Waals surface area contributed by atoms with Crippen LogP contribution in [0.1, 0.15) is 60.6 Å². The molecule has 7 rings (SSSR count). The number of rotatable bonds is 8. The van der Waals surface area contributed by atoms with Crippen LogP contribution < -0.4 is 9.47 Å². The van der Waals surface area contributed by atoms with Crippen molar-refractivity contribution in [2.45, 2.75) is 51.7 Å². The van der Waals surface area contributed by atoms with E-state index in [0.717, 1.165) is 47.2 Å². The fourth-order valence-corrected chi connectivity index (χ4v) is 7.20. The van der Waals surface area contributed by atoms with Gasteiger partial charge in [0, 0.05) is 29.0 Å². The zero-order valence-electron chi connectivity index (χ0n) is 23.4. The van der Waals surface area contributed by atoms with Gasteiger partial charge in [-0.2, -0.15) is 5.10 Å². The van der Waals surface area contributed by atoms with Crippen molar-refractivity contribution in [1.82, 2.24) is 24.6 Å². The second kappa shape index (κ2) is 10.4. The van der Waals surface area contributed by atoms with Gasteiger partial charge >= 0.3 is 5.97 Å². The summed E-state index contributed by atoms with van der Waals surface area (Å²) in [5.74, 6) is 1.61. The number of hydrogen-bond donors (Lipinski definition) is 0. The average Bonchev–Trinajstić information content (AvgIpc) is 3.29. The normalized spacial score (nSPS) is 13.6. The molecule has 1 saturated carbocycles. The molecule has 0 amide bonds. The first-order valence-corrected chi connectivity index (χ1v) is 16.0. The van der Waals surface area contributed by atoms with E-state index >= 15 is 0 Å². The van der Waals surface area contributed by atoms with Crippen molar-refractivity contribution in [3.8, 4) is 32.8 Å². The molecule has 0 atom stereocenters. The van der Waals surface area contributed by atoms with Crippen LogP contribution in [0.25, 0.3) is 36.5 Å². The lowest BCUT2D eigenvalue weighted by Gasteiger charge is -2.19. The number of thiazole rings is 2. The van der Waals surface area contributed by atoms with E-state index in [9.17, 15) is 4.79 Å². The van der Waals surface area contributed by atoms with Gasteiger partial charge in [-0.25, -0.2) is 24.3 Å². The van der Waals surface area contributed by atoms with E-state index in [1.165, 1.54) is 35.5 Å². The number of carbonyl (C=O) groups is 1. The molecule has 0 unspecified atom stereocenters. The van der Waals surface area contributed by atoms with Crippen LogP contribution in [0.2, 0.25) is 0 Å². The van der Waals surface area contributed by atoms with Crippen LogP contribution in [0.3, 0.4) is 0 Å². The third-order valence-corrected chi connectivity index (χ3v) is 9.70. The third kappa shape index (κ3) is 5.49. The van der Waals surface area contributed by atoms with Crippen molar-refractivity contribution in [3.05, 3.63) is 64.2 Å². The Morgan fingerprint density at radius 3 is 2.57 bits per heavy atom. The molecule has 0 N–H and O–H groups in total. The molecule has 0 bridgehead atoms. The Balaban J connectivity index is 1.09. The van der Waals surface area contributed by atoms with Gasteiger partial charge in [0.1, 0.15) is 44.4 Å². The Hall–Kier alpha value is -3.87. The molecule has 12 heteroatoms. The summed E-state index contributed by atoms with van der Waals surface area (Å²) in [6.45, 7) is 5.85. The van der Waals surface area contributed by atoms with Crippen molar-refractivity contribution in [2.75, 3.05) is 7.11 Å². The number of carbonyl (C=O) groups excluding carboxylic acids is 1. The Kier molecular flexibility index (Phi) is 6.71. The maximum Gasteiger partial charge on any atom is 0.338 e. The minimum atomic E-state index is -0.539. The molecule has 42 heavy (non-hydrogen) atoms. The number of imidazole rings is 1. The zero-order valence-corrected chi connectivity index (χ0v) is 25.9. The fourth-order valence-electron chi connectivity index (χ4n) is 4.37. The minimum Gasteiger partial charge on any atom is -0.497 e. The lowest BCUT2D eigenvalue weighted by molar-refractivity contribution is 0.00695. The smallest absolute Gasteiger partial charge is 0.338 e. The Bertz CT molecular complexity index is 1890. The first kappa shape index (κ1) is 27.0. The van der Waals surface area contributed by atoms with E-state index in [1.807, 2.05) is 61.1 Å². The molecule has 0 saturated heterocycles. The number of methoxy groups -OCH3 is 1. The summed E-state index contributed by atoms with van der Waals surface area (Å²) in [7, 11) is 1.63. The molecular weight excluding hydrogens is 591 g/mol. The van der Waals surface area contributed by atoms with Gasteiger partial charge in [-0.15, -0.1) is 22.7 Å². The second-order valence-corrected chi connectivity index (χ2v) is 13.9. The molecule has 1 aliphatic rings. The van der Waals surface area contributed by atoms with Crippen LogP contribution in [0.4, 0.5) is 0 Å². The molecule has 0 aliphatic heterocycles. The van der Waals surface area contributed by atoms with Gasteiger partial charge in [-0.3, -0.25) is 0 Å². The molecule has 4 aromatic heterocycles. The quantitative estimate of drug-likeness (QED) is 0.161.